The Hall–Kier alpha value is -2.74. The van der Waals surface area contributed by atoms with E-state index in [-0.39, 0.29) is 0 Å². The van der Waals surface area contributed by atoms with E-state index in [1.165, 1.54) is 4.90 Å². The molecule has 0 aliphatic rings. The highest BCUT2D eigenvalue weighted by Crippen LogP contribution is 2.20. The van der Waals surface area contributed by atoms with Crippen LogP contribution in [0.3, 0.4) is 0 Å². The summed E-state index contributed by atoms with van der Waals surface area (Å²) in [6.45, 7) is 0. The summed E-state index contributed by atoms with van der Waals surface area (Å²) in [6, 6.07) is 9.80. The van der Waals surface area contributed by atoms with Crippen LogP contribution >= 0.6 is 0 Å². The molecule has 0 spiro atoms. The Morgan fingerprint density at radius 1 is 0.933 bits per heavy atom. The first kappa shape index (κ1) is 10.3. The lowest BCUT2D eigenvalue weighted by atomic mass is 10.1. The number of terminal acetylenes is 4. The summed E-state index contributed by atoms with van der Waals surface area (Å²) in [5, 5.41) is 0. The fourth-order valence-electron chi connectivity index (χ4n) is 1.10. The summed E-state index contributed by atoms with van der Waals surface area (Å²) in [4.78, 5) is 1.26. The van der Waals surface area contributed by atoms with Gasteiger partial charge in [-0.15, -0.1) is 12.8 Å². The van der Waals surface area contributed by atoms with E-state index in [1.54, 1.807) is 18.2 Å². The first-order valence-electron chi connectivity index (χ1n) is 4.06. The van der Waals surface area contributed by atoms with Crippen molar-refractivity contribution in [3.05, 3.63) is 29.3 Å². The van der Waals surface area contributed by atoms with E-state index < -0.39 is 0 Å². The summed E-state index contributed by atoms with van der Waals surface area (Å²) < 4.78 is 0. The average molecular weight is 189 g/mol. The summed E-state index contributed by atoms with van der Waals surface area (Å²) in [6.07, 6.45) is 21.1. The van der Waals surface area contributed by atoms with Gasteiger partial charge in [0, 0.05) is 23.2 Å². The molecule has 0 saturated carbocycles. The molecule has 1 heteroatoms. The van der Waals surface area contributed by atoms with Gasteiger partial charge in [-0.3, -0.25) is 0 Å². The molecule has 1 aromatic carbocycles. The van der Waals surface area contributed by atoms with Gasteiger partial charge in [0.2, 0.25) is 0 Å². The van der Waals surface area contributed by atoms with E-state index in [9.17, 15) is 0 Å². The van der Waals surface area contributed by atoms with Gasteiger partial charge in [0.05, 0.1) is 5.69 Å². The minimum atomic E-state index is 0.581. The molecule has 0 bridgehead atoms. The van der Waals surface area contributed by atoms with Crippen LogP contribution in [0.1, 0.15) is 11.1 Å². The SMILES string of the molecule is C#Cc1ccc(C#C)c(N(C#C)C#C)c1. The Balaban J connectivity index is 3.41. The fourth-order valence-corrected chi connectivity index (χ4v) is 1.10. The third kappa shape index (κ3) is 1.95. The second-order valence-electron chi connectivity index (χ2n) is 2.61. The lowest BCUT2D eigenvalue weighted by molar-refractivity contribution is 1.37. The molecule has 0 aliphatic carbocycles. The molecule has 68 valence electrons. The highest BCUT2D eigenvalue weighted by atomic mass is 15.1. The van der Waals surface area contributed by atoms with Crippen molar-refractivity contribution >= 4 is 5.69 Å². The summed E-state index contributed by atoms with van der Waals surface area (Å²) >= 11 is 0. The first-order valence-corrected chi connectivity index (χ1v) is 4.06. The van der Waals surface area contributed by atoms with Gasteiger partial charge < -0.3 is 0 Å². The molecule has 1 nitrogen and oxygen atoms in total. The summed E-state index contributed by atoms with van der Waals surface area (Å²) in [7, 11) is 0. The van der Waals surface area contributed by atoms with Crippen molar-refractivity contribution in [3.8, 4) is 49.6 Å². The van der Waals surface area contributed by atoms with Gasteiger partial charge >= 0.3 is 0 Å². The van der Waals surface area contributed by atoms with Crippen LogP contribution in [0.2, 0.25) is 0 Å². The summed E-state index contributed by atoms with van der Waals surface area (Å²) in [5.74, 6) is 4.98. The third-order valence-corrected chi connectivity index (χ3v) is 1.82. The minimum Gasteiger partial charge on any atom is -0.227 e. The van der Waals surface area contributed by atoms with Crippen LogP contribution in [0.4, 0.5) is 5.69 Å². The Labute approximate surface area is 90.1 Å². The number of hydrogen-bond acceptors (Lipinski definition) is 1. The zero-order valence-corrected chi connectivity index (χ0v) is 7.99. The van der Waals surface area contributed by atoms with Crippen molar-refractivity contribution in [2.24, 2.45) is 0 Å². The highest BCUT2D eigenvalue weighted by molar-refractivity contribution is 5.68. The fraction of sp³-hybridized carbons (Fsp3) is 0. The zero-order chi connectivity index (χ0) is 11.3. The van der Waals surface area contributed by atoms with Crippen LogP contribution in [0.25, 0.3) is 0 Å². The maximum absolute atomic E-state index is 5.32. The molecule has 0 unspecified atom stereocenters. The lowest BCUT2D eigenvalue weighted by Gasteiger charge is -2.11. The molecular weight excluding hydrogens is 182 g/mol. The second kappa shape index (κ2) is 4.48. The lowest BCUT2D eigenvalue weighted by Crippen LogP contribution is -2.09. The van der Waals surface area contributed by atoms with Crippen LogP contribution in [-0.4, -0.2) is 0 Å². The summed E-state index contributed by atoms with van der Waals surface area (Å²) in [5.41, 5.74) is 1.88. The quantitative estimate of drug-likeness (QED) is 0.479. The standard InChI is InChI=1S/C14H7N/c1-5-12-9-10-13(6-2)14(11-12)15(7-3)8-4/h1-4,9-11H. The smallest absolute Gasteiger partial charge is 0.0805 e. The molecule has 1 aromatic rings. The molecule has 15 heavy (non-hydrogen) atoms. The maximum atomic E-state index is 5.32. The predicted molar refractivity (Wildman–Crippen MR) is 62.5 cm³/mol. The molecule has 0 saturated heterocycles. The predicted octanol–water partition coefficient (Wildman–Crippen LogP) is 1.64. The Kier molecular flexibility index (Phi) is 3.09. The van der Waals surface area contributed by atoms with Gasteiger partial charge in [-0.05, 0) is 18.2 Å². The normalized spacial score (nSPS) is 7.73. The van der Waals surface area contributed by atoms with Gasteiger partial charge in [-0.2, -0.15) is 0 Å². The molecule has 0 aliphatic heterocycles. The molecular formula is C14H7N. The van der Waals surface area contributed by atoms with Crippen molar-refractivity contribution < 1.29 is 0 Å². The molecule has 1 rings (SSSR count). The Bertz CT molecular complexity index is 525. The minimum absolute atomic E-state index is 0.581. The van der Waals surface area contributed by atoms with Gasteiger partial charge in [0.15, 0.2) is 0 Å². The average Bonchev–Trinajstić information content (AvgIpc) is 2.30. The first-order chi connectivity index (χ1) is 7.26. The van der Waals surface area contributed by atoms with E-state index in [2.05, 4.69) is 23.9 Å². The number of nitrogens with zero attached hydrogens (tertiary/aromatic N) is 1. The van der Waals surface area contributed by atoms with Crippen molar-refractivity contribution in [3.63, 3.8) is 0 Å². The van der Waals surface area contributed by atoms with E-state index in [1.807, 2.05) is 0 Å². The molecule has 0 aromatic heterocycles. The van der Waals surface area contributed by atoms with Crippen LogP contribution in [0.5, 0.6) is 0 Å². The highest BCUT2D eigenvalue weighted by Gasteiger charge is 2.06. The number of anilines is 1. The van der Waals surface area contributed by atoms with E-state index >= 15 is 0 Å². The Morgan fingerprint density at radius 3 is 2.07 bits per heavy atom. The van der Waals surface area contributed by atoms with E-state index in [0.29, 0.717) is 16.8 Å². The number of hydrogen-bond donors (Lipinski definition) is 0. The van der Waals surface area contributed by atoms with Crippen molar-refractivity contribution in [1.82, 2.24) is 0 Å². The second-order valence-corrected chi connectivity index (χ2v) is 2.61. The van der Waals surface area contributed by atoms with Crippen LogP contribution < -0.4 is 4.90 Å². The number of rotatable bonds is 1. The maximum Gasteiger partial charge on any atom is 0.0805 e. The zero-order valence-electron chi connectivity index (χ0n) is 7.99. The molecule has 0 fully saturated rings. The van der Waals surface area contributed by atoms with E-state index in [0.717, 1.165) is 0 Å². The molecule has 0 heterocycles. The van der Waals surface area contributed by atoms with Gasteiger partial charge in [-0.25, -0.2) is 4.90 Å². The van der Waals surface area contributed by atoms with E-state index in [4.69, 9.17) is 25.7 Å². The van der Waals surface area contributed by atoms with Gasteiger partial charge in [0.25, 0.3) is 0 Å². The van der Waals surface area contributed by atoms with Crippen molar-refractivity contribution in [2.75, 3.05) is 4.90 Å². The van der Waals surface area contributed by atoms with Crippen LogP contribution in [-0.2, 0) is 0 Å². The molecule has 0 atom stereocenters. The van der Waals surface area contributed by atoms with Gasteiger partial charge in [-0.1, -0.05) is 24.7 Å². The molecule has 0 amide bonds. The van der Waals surface area contributed by atoms with Crippen LogP contribution in [0.15, 0.2) is 18.2 Å². The van der Waals surface area contributed by atoms with Crippen LogP contribution in [0, 0.1) is 49.6 Å². The largest absolute Gasteiger partial charge is 0.227 e. The third-order valence-electron chi connectivity index (χ3n) is 1.82. The molecule has 0 radical (unpaired) electrons. The number of benzene rings is 1. The van der Waals surface area contributed by atoms with Gasteiger partial charge in [0.1, 0.15) is 0 Å². The topological polar surface area (TPSA) is 3.24 Å². The van der Waals surface area contributed by atoms with Crippen molar-refractivity contribution in [1.29, 1.82) is 0 Å². The molecule has 0 N–H and O–H groups in total. The Morgan fingerprint density at radius 2 is 1.60 bits per heavy atom. The monoisotopic (exact) mass is 189 g/mol. The van der Waals surface area contributed by atoms with Crippen molar-refractivity contribution in [2.45, 2.75) is 0 Å².